The van der Waals surface area contributed by atoms with E-state index in [0.29, 0.717) is 46.2 Å². The Morgan fingerprint density at radius 1 is 0.913 bits per heavy atom. The first-order valence-electron chi connectivity index (χ1n) is 14.8. The molecular weight excluding hydrogens is 645 g/mol. The Labute approximate surface area is 277 Å². The number of nitrogens with zero attached hydrogens (tertiary/aromatic N) is 3. The maximum Gasteiger partial charge on any atom is 0.351 e. The number of unbranched alkanes of at least 4 members (excludes halogenated alkanes) is 1. The summed E-state index contributed by atoms with van der Waals surface area (Å²) in [7, 11) is -4.27. The number of sulfonamides is 1. The summed E-state index contributed by atoms with van der Waals surface area (Å²) in [5, 5.41) is 5.11. The number of nitrogens with two attached hydrogens (primary N) is 1. The Balaban J connectivity index is 1.48. The minimum Gasteiger partial charge on any atom is -0.399 e. The monoisotopic (exact) mass is 677 g/mol. The summed E-state index contributed by atoms with van der Waals surface area (Å²) in [6.45, 7) is 4.28. The summed E-state index contributed by atoms with van der Waals surface area (Å²) in [5.41, 5.74) is 9.35. The van der Waals surface area contributed by atoms with Crippen LogP contribution in [-0.4, -0.2) is 28.7 Å². The zero-order valence-electron chi connectivity index (χ0n) is 25.3. The van der Waals surface area contributed by atoms with Gasteiger partial charge in [0.1, 0.15) is 5.82 Å². The Hall–Kier alpha value is -4.38. The van der Waals surface area contributed by atoms with Crippen LogP contribution in [0.15, 0.2) is 94.6 Å². The van der Waals surface area contributed by atoms with E-state index in [1.807, 2.05) is 19.1 Å². The highest BCUT2D eigenvalue weighted by Gasteiger charge is 2.24. The Morgan fingerprint density at radius 2 is 1.63 bits per heavy atom. The molecule has 0 radical (unpaired) electrons. The molecule has 238 valence electrons. The number of rotatable bonds is 11. The van der Waals surface area contributed by atoms with Gasteiger partial charge in [-0.05, 0) is 72.0 Å². The summed E-state index contributed by atoms with van der Waals surface area (Å²) < 4.78 is 32.1. The molecule has 1 heterocycles. The lowest BCUT2D eigenvalue weighted by Gasteiger charge is -2.14. The van der Waals surface area contributed by atoms with Gasteiger partial charge in [0, 0.05) is 17.7 Å². The first-order chi connectivity index (χ1) is 22.0. The standard InChI is InChI=1S/C34H33Cl2N5O4S/c1-3-5-10-32-38-41(30-20-25(37)16-17-29(30)36)34(43)40(32)21-23-11-14-24(15-12-23)27-19-22(4-2)13-18-31(27)46(44,45)39-33(42)26-8-6-7-9-28(26)35/h6-9,11-20H,3-5,10,21,37H2,1-2H3,(H,39,42). The number of anilines is 1. The third kappa shape index (κ3) is 7.04. The lowest BCUT2D eigenvalue weighted by atomic mass is 10.0. The van der Waals surface area contributed by atoms with E-state index < -0.39 is 15.9 Å². The van der Waals surface area contributed by atoms with E-state index in [1.54, 1.807) is 59.2 Å². The van der Waals surface area contributed by atoms with Gasteiger partial charge in [-0.2, -0.15) is 4.68 Å². The van der Waals surface area contributed by atoms with Gasteiger partial charge in [0.05, 0.1) is 32.7 Å². The summed E-state index contributed by atoms with van der Waals surface area (Å²) in [4.78, 5) is 26.4. The molecule has 0 aliphatic carbocycles. The molecule has 0 saturated heterocycles. The Morgan fingerprint density at radius 3 is 2.33 bits per heavy atom. The first-order valence-corrected chi connectivity index (χ1v) is 17.0. The van der Waals surface area contributed by atoms with E-state index in [1.165, 1.54) is 22.9 Å². The van der Waals surface area contributed by atoms with Gasteiger partial charge in [0.25, 0.3) is 15.9 Å². The summed E-state index contributed by atoms with van der Waals surface area (Å²) >= 11 is 12.5. The van der Waals surface area contributed by atoms with Crippen molar-refractivity contribution in [2.75, 3.05) is 5.73 Å². The van der Waals surface area contributed by atoms with Crippen LogP contribution in [0.5, 0.6) is 0 Å². The summed E-state index contributed by atoms with van der Waals surface area (Å²) in [5.74, 6) is -0.205. The number of hydrogen-bond acceptors (Lipinski definition) is 6. The highest BCUT2D eigenvalue weighted by molar-refractivity contribution is 7.90. The molecule has 3 N–H and O–H groups in total. The molecule has 0 unspecified atom stereocenters. The highest BCUT2D eigenvalue weighted by atomic mass is 35.5. The second-order valence-corrected chi connectivity index (χ2v) is 13.3. The molecule has 0 fully saturated rings. The van der Waals surface area contributed by atoms with E-state index in [4.69, 9.17) is 28.9 Å². The second-order valence-electron chi connectivity index (χ2n) is 10.8. The van der Waals surface area contributed by atoms with Gasteiger partial charge in [-0.3, -0.25) is 9.36 Å². The van der Waals surface area contributed by atoms with Crippen LogP contribution in [0.1, 0.15) is 54.0 Å². The Kier molecular flexibility index (Phi) is 10.0. The van der Waals surface area contributed by atoms with Crippen molar-refractivity contribution in [1.82, 2.24) is 19.1 Å². The van der Waals surface area contributed by atoms with Crippen molar-refractivity contribution in [2.45, 2.75) is 51.0 Å². The predicted octanol–water partition coefficient (Wildman–Crippen LogP) is 6.66. The fourth-order valence-corrected chi connectivity index (χ4v) is 6.67. The molecule has 5 rings (SSSR count). The summed E-state index contributed by atoms with van der Waals surface area (Å²) in [6, 6.07) is 23.5. The lowest BCUT2D eigenvalue weighted by molar-refractivity contribution is 0.0981. The SMILES string of the molecule is CCCCc1nn(-c2cc(N)ccc2Cl)c(=O)n1Cc1ccc(-c2cc(CC)ccc2S(=O)(=O)NC(=O)c2ccccc2Cl)cc1. The second kappa shape index (κ2) is 13.9. The number of benzene rings is 4. The fourth-order valence-electron chi connectivity index (χ4n) is 5.07. The normalized spacial score (nSPS) is 11.5. The molecular formula is C34H33Cl2N5O4S. The van der Waals surface area contributed by atoms with Gasteiger partial charge in [-0.1, -0.05) is 85.9 Å². The van der Waals surface area contributed by atoms with Crippen molar-refractivity contribution in [3.8, 4) is 16.8 Å². The van der Waals surface area contributed by atoms with Crippen LogP contribution in [0.3, 0.4) is 0 Å². The van der Waals surface area contributed by atoms with Crippen LogP contribution in [0, 0.1) is 0 Å². The van der Waals surface area contributed by atoms with Gasteiger partial charge in [-0.25, -0.2) is 17.9 Å². The number of nitrogen functional groups attached to an aromatic ring is 1. The van der Waals surface area contributed by atoms with Crippen LogP contribution in [0.4, 0.5) is 5.69 Å². The number of hydrogen-bond donors (Lipinski definition) is 2. The van der Waals surface area contributed by atoms with Gasteiger partial charge in [-0.15, -0.1) is 5.10 Å². The van der Waals surface area contributed by atoms with Crippen molar-refractivity contribution in [2.24, 2.45) is 0 Å². The van der Waals surface area contributed by atoms with Crippen molar-refractivity contribution >= 4 is 44.8 Å². The molecule has 1 amide bonds. The van der Waals surface area contributed by atoms with Crippen molar-refractivity contribution in [3.63, 3.8) is 0 Å². The topological polar surface area (TPSA) is 129 Å². The molecule has 9 nitrogen and oxygen atoms in total. The van der Waals surface area contributed by atoms with Crippen LogP contribution < -0.4 is 16.1 Å². The number of halogens is 2. The maximum absolute atomic E-state index is 13.6. The average molecular weight is 679 g/mol. The smallest absolute Gasteiger partial charge is 0.351 e. The zero-order valence-corrected chi connectivity index (χ0v) is 27.7. The first kappa shape index (κ1) is 33.0. The highest BCUT2D eigenvalue weighted by Crippen LogP contribution is 2.30. The van der Waals surface area contributed by atoms with E-state index >= 15 is 0 Å². The number of nitrogens with one attached hydrogen (secondary N) is 1. The van der Waals surface area contributed by atoms with E-state index in [9.17, 15) is 18.0 Å². The number of amides is 1. The molecule has 5 aromatic rings. The molecule has 0 atom stereocenters. The van der Waals surface area contributed by atoms with Crippen molar-refractivity contribution < 1.29 is 13.2 Å². The van der Waals surface area contributed by atoms with Gasteiger partial charge < -0.3 is 5.73 Å². The van der Waals surface area contributed by atoms with Gasteiger partial charge in [0.15, 0.2) is 0 Å². The minimum atomic E-state index is -4.27. The third-order valence-electron chi connectivity index (χ3n) is 7.58. The van der Waals surface area contributed by atoms with Crippen molar-refractivity contribution in [3.05, 3.63) is 128 Å². The Bertz CT molecular complexity index is 2070. The van der Waals surface area contributed by atoms with E-state index in [-0.39, 0.29) is 27.7 Å². The van der Waals surface area contributed by atoms with E-state index in [0.717, 1.165) is 24.0 Å². The molecule has 0 bridgehead atoms. The molecule has 0 spiro atoms. The molecule has 0 aliphatic rings. The van der Waals surface area contributed by atoms with Crippen LogP contribution >= 0.6 is 23.2 Å². The fraction of sp³-hybridized carbons (Fsp3) is 0.206. The number of carbonyl (C=O) groups is 1. The third-order valence-corrected chi connectivity index (χ3v) is 9.62. The number of carbonyl (C=O) groups excluding carboxylic acids is 1. The minimum absolute atomic E-state index is 0.0452. The van der Waals surface area contributed by atoms with Crippen LogP contribution in [0.25, 0.3) is 16.8 Å². The quantitative estimate of drug-likeness (QED) is 0.150. The average Bonchev–Trinajstić information content (AvgIpc) is 3.35. The van der Waals surface area contributed by atoms with Gasteiger partial charge >= 0.3 is 5.69 Å². The number of aromatic nitrogens is 3. The maximum atomic E-state index is 13.6. The number of aryl methyl sites for hydroxylation is 2. The molecule has 12 heteroatoms. The molecule has 4 aromatic carbocycles. The van der Waals surface area contributed by atoms with Crippen LogP contribution in [0.2, 0.25) is 10.0 Å². The molecule has 1 aromatic heterocycles. The van der Waals surface area contributed by atoms with E-state index in [2.05, 4.69) is 16.7 Å². The predicted molar refractivity (Wildman–Crippen MR) is 182 cm³/mol. The largest absolute Gasteiger partial charge is 0.399 e. The van der Waals surface area contributed by atoms with Gasteiger partial charge in [0.2, 0.25) is 0 Å². The molecule has 0 aliphatic heterocycles. The molecule has 46 heavy (non-hydrogen) atoms. The lowest BCUT2D eigenvalue weighted by Crippen LogP contribution is -2.31. The van der Waals surface area contributed by atoms with Crippen LogP contribution in [-0.2, 0) is 29.4 Å². The zero-order chi connectivity index (χ0) is 33.0. The molecule has 0 saturated carbocycles. The van der Waals surface area contributed by atoms with Crippen molar-refractivity contribution in [1.29, 1.82) is 0 Å². The summed E-state index contributed by atoms with van der Waals surface area (Å²) in [6.07, 6.45) is 3.05.